The van der Waals surface area contributed by atoms with E-state index >= 15 is 0 Å². The van der Waals surface area contributed by atoms with E-state index in [4.69, 9.17) is 0 Å². The van der Waals surface area contributed by atoms with Crippen molar-refractivity contribution in [2.45, 2.75) is 31.1 Å². The molecule has 0 amide bonds. The number of benzene rings is 2. The molecule has 0 saturated heterocycles. The van der Waals surface area contributed by atoms with E-state index in [2.05, 4.69) is 4.99 Å². The van der Waals surface area contributed by atoms with Crippen molar-refractivity contribution >= 4 is 22.1 Å². The highest BCUT2D eigenvalue weighted by molar-refractivity contribution is 8.45. The molecule has 0 unspecified atom stereocenters. The lowest BCUT2D eigenvalue weighted by atomic mass is 9.85. The van der Waals surface area contributed by atoms with Crippen LogP contribution in [0.15, 0.2) is 28.1 Å². The molecule has 0 atom stereocenters. The Labute approximate surface area is 159 Å². The van der Waals surface area contributed by atoms with E-state index in [0.717, 1.165) is 0 Å². The van der Waals surface area contributed by atoms with Gasteiger partial charge in [0.1, 0.15) is 11.4 Å². The minimum atomic E-state index is -11.1. The Hall–Kier alpha value is -2.37. The summed E-state index contributed by atoms with van der Waals surface area (Å²) in [5.74, 6) is -12.6. The van der Waals surface area contributed by atoms with E-state index in [1.165, 1.54) is 18.2 Å². The van der Waals surface area contributed by atoms with E-state index in [-0.39, 0.29) is 5.56 Å². The molecule has 0 aliphatic rings. The molecule has 0 radical (unpaired) electrons. The molecule has 12 heteroatoms. The number of halogens is 9. The molecule has 0 bridgehead atoms. The minimum Gasteiger partial charge on any atom is -0.507 e. The minimum absolute atomic E-state index is 0.186. The van der Waals surface area contributed by atoms with Crippen molar-refractivity contribution in [2.75, 3.05) is 0 Å². The Bertz CT molecular complexity index is 996. The van der Waals surface area contributed by atoms with E-state index in [9.17, 15) is 42.1 Å². The van der Waals surface area contributed by atoms with Gasteiger partial charge in [0.25, 0.3) is 0 Å². The number of hydrogen-bond donors (Lipinski definition) is 1. The summed E-state index contributed by atoms with van der Waals surface area (Å²) >= 11 is 0. The van der Waals surface area contributed by atoms with Gasteiger partial charge in [-0.3, -0.25) is 0 Å². The Kier molecular flexibility index (Phi) is 4.79. The van der Waals surface area contributed by atoms with Crippen LogP contribution in [0, 0.1) is 23.3 Å². The maximum absolute atomic E-state index is 13.9. The normalized spacial score (nSPS) is 15.4. The van der Waals surface area contributed by atoms with Gasteiger partial charge < -0.3 is 5.11 Å². The Morgan fingerprint density at radius 1 is 0.862 bits per heavy atom. The van der Waals surface area contributed by atoms with Gasteiger partial charge in [-0.05, 0) is 17.0 Å². The van der Waals surface area contributed by atoms with Gasteiger partial charge >= 0.3 is 10.2 Å². The van der Waals surface area contributed by atoms with Crippen LogP contribution in [0.3, 0.4) is 0 Å². The van der Waals surface area contributed by atoms with Crippen molar-refractivity contribution in [3.05, 3.63) is 52.6 Å². The number of rotatable bonds is 3. The predicted octanol–water partition coefficient (Wildman–Crippen LogP) is 7.65. The van der Waals surface area contributed by atoms with E-state index < -0.39 is 55.2 Å². The number of para-hydroxylation sites is 1. The molecule has 0 spiro atoms. The van der Waals surface area contributed by atoms with Crippen molar-refractivity contribution in [3.63, 3.8) is 0 Å². The fourth-order valence-electron chi connectivity index (χ4n) is 2.46. The van der Waals surface area contributed by atoms with Crippen LogP contribution < -0.4 is 0 Å². The van der Waals surface area contributed by atoms with Crippen LogP contribution in [0.2, 0.25) is 0 Å². The van der Waals surface area contributed by atoms with Crippen LogP contribution in [-0.2, 0) is 5.41 Å². The van der Waals surface area contributed by atoms with Crippen LogP contribution >= 0.6 is 10.2 Å². The molecule has 0 heterocycles. The quantitative estimate of drug-likeness (QED) is 0.290. The summed E-state index contributed by atoms with van der Waals surface area (Å²) in [6.45, 7) is 5.14. The van der Waals surface area contributed by atoms with Crippen LogP contribution in [0.1, 0.15) is 31.9 Å². The molecule has 0 aliphatic heterocycles. The van der Waals surface area contributed by atoms with Gasteiger partial charge in [-0.15, -0.1) is 0 Å². The lowest BCUT2D eigenvalue weighted by Crippen LogP contribution is -2.14. The summed E-state index contributed by atoms with van der Waals surface area (Å²) in [6, 6.07) is 4.11. The molecule has 0 fully saturated rings. The molecule has 2 aromatic rings. The topological polar surface area (TPSA) is 32.6 Å². The highest BCUT2D eigenvalue weighted by atomic mass is 32.5. The number of nitrogens with zero attached hydrogens (tertiary/aromatic N) is 1. The fraction of sp³-hybridized carbons (Fsp3) is 0.235. The summed E-state index contributed by atoms with van der Waals surface area (Å²) in [5.41, 5.74) is -2.32. The van der Waals surface area contributed by atoms with Gasteiger partial charge in [0.15, 0.2) is 28.2 Å². The molecule has 1 N–H and O–H groups in total. The number of aromatic hydroxyl groups is 1. The monoisotopic (exact) mass is 451 g/mol. The van der Waals surface area contributed by atoms with Crippen LogP contribution in [0.4, 0.5) is 42.7 Å². The van der Waals surface area contributed by atoms with Crippen LogP contribution in [0.25, 0.3) is 0 Å². The average Bonchev–Trinajstić information content (AvgIpc) is 2.50. The molecular weight excluding hydrogens is 437 g/mol. The number of phenols is 1. The third-order valence-electron chi connectivity index (χ3n) is 3.79. The van der Waals surface area contributed by atoms with E-state index in [0.29, 0.717) is 11.8 Å². The maximum atomic E-state index is 13.9. The third-order valence-corrected chi connectivity index (χ3v) is 4.92. The van der Waals surface area contributed by atoms with Crippen LogP contribution in [-0.4, -0.2) is 11.3 Å². The fourth-order valence-corrected chi connectivity index (χ4v) is 3.31. The molecule has 2 nitrogen and oxygen atoms in total. The highest BCUT2D eigenvalue weighted by Crippen LogP contribution is 3.02. The average molecular weight is 451 g/mol. The zero-order valence-corrected chi connectivity index (χ0v) is 15.8. The predicted molar refractivity (Wildman–Crippen MR) is 91.7 cm³/mol. The first-order valence-electron chi connectivity index (χ1n) is 7.72. The lowest BCUT2D eigenvalue weighted by molar-refractivity contribution is 0.330. The van der Waals surface area contributed by atoms with Gasteiger partial charge in [-0.25, -0.2) is 22.6 Å². The van der Waals surface area contributed by atoms with Crippen molar-refractivity contribution in [1.82, 2.24) is 0 Å². The van der Waals surface area contributed by atoms with Crippen molar-refractivity contribution in [2.24, 2.45) is 4.99 Å². The number of aliphatic imine (C=N–C) groups is 1. The summed E-state index contributed by atoms with van der Waals surface area (Å²) in [4.78, 5) is -0.884. The van der Waals surface area contributed by atoms with E-state index in [1.54, 1.807) is 20.8 Å². The maximum Gasteiger partial charge on any atom is 0.316 e. The summed E-state index contributed by atoms with van der Waals surface area (Å²) in [5, 5.41) is 10.2. The first-order chi connectivity index (χ1) is 12.8. The van der Waals surface area contributed by atoms with Gasteiger partial charge in [0, 0.05) is 11.8 Å². The molecule has 0 aromatic heterocycles. The van der Waals surface area contributed by atoms with Gasteiger partial charge in [-0.1, -0.05) is 52.3 Å². The molecule has 0 saturated carbocycles. The Morgan fingerprint density at radius 2 is 1.34 bits per heavy atom. The Balaban J connectivity index is 2.69. The van der Waals surface area contributed by atoms with Crippen LogP contribution in [0.5, 0.6) is 5.75 Å². The molecule has 2 aromatic carbocycles. The second kappa shape index (κ2) is 6.07. The van der Waals surface area contributed by atoms with Gasteiger partial charge in [0.2, 0.25) is 0 Å². The summed E-state index contributed by atoms with van der Waals surface area (Å²) < 4.78 is 119. The third kappa shape index (κ3) is 4.46. The summed E-state index contributed by atoms with van der Waals surface area (Å²) in [6.07, 6.45) is 0.532. The van der Waals surface area contributed by atoms with Crippen molar-refractivity contribution < 1.29 is 42.1 Å². The lowest BCUT2D eigenvalue weighted by Gasteiger charge is -2.40. The first kappa shape index (κ1) is 22.9. The molecule has 2 rings (SSSR count). The second-order valence-corrected chi connectivity index (χ2v) is 9.50. The van der Waals surface area contributed by atoms with E-state index in [1.807, 2.05) is 0 Å². The molecular formula is C17H14F9NOS. The molecule has 162 valence electrons. The highest BCUT2D eigenvalue weighted by Gasteiger charge is 2.70. The van der Waals surface area contributed by atoms with Gasteiger partial charge in [0.05, 0.1) is 0 Å². The zero-order valence-electron chi connectivity index (χ0n) is 15.0. The zero-order chi connectivity index (χ0) is 22.6. The van der Waals surface area contributed by atoms with Gasteiger partial charge in [-0.2, -0.15) is 0 Å². The smallest absolute Gasteiger partial charge is 0.316 e. The van der Waals surface area contributed by atoms with Crippen molar-refractivity contribution in [3.8, 4) is 5.75 Å². The molecule has 0 aliphatic carbocycles. The Morgan fingerprint density at radius 3 is 1.76 bits per heavy atom. The summed E-state index contributed by atoms with van der Waals surface area (Å²) in [7, 11) is -11.1. The number of hydrogen-bond acceptors (Lipinski definition) is 2. The second-order valence-electron chi connectivity index (χ2n) is 7.15. The SMILES string of the molecule is CC(C)(C)c1cccc(C=Nc2c(F)c(F)c(S(F)(F)(F)(F)F)c(F)c2F)c1O. The largest absolute Gasteiger partial charge is 0.507 e. The first-order valence-corrected chi connectivity index (χ1v) is 9.67. The molecule has 29 heavy (non-hydrogen) atoms. The standard InChI is InChI=1S/C17H14F9NOS/c1-17(2,3)9-6-4-5-8(15(9)28)7-27-14-10(18)12(20)16(13(21)11(14)19)29(22,23,24,25)26/h4-7,28H,1-3H3. The van der Waals surface area contributed by atoms with Crippen molar-refractivity contribution in [1.29, 1.82) is 0 Å². The number of phenolic OH excluding ortho intramolecular Hbond substituents is 1.